The average Bonchev–Trinajstić information content (AvgIpc) is 3.14. The first kappa shape index (κ1) is 21.1. The molecule has 3 heterocycles. The molecule has 2 unspecified atom stereocenters. The van der Waals surface area contributed by atoms with E-state index in [1.165, 1.54) is 37.7 Å². The standard InChI is InChI=1S/C23H34N4O3/c1-23(2,3)30-22(28)24-11-18-13-27-12-17(9-10-21(27)25-18)20-15-29-14-19(26-20)16-7-5-4-6-8-16/h9-10,12-13,16,19-20,26H,4-8,11,14-15H2,1-3H3,(H,24,28). The smallest absolute Gasteiger partial charge is 0.407 e. The summed E-state index contributed by atoms with van der Waals surface area (Å²) in [4.78, 5) is 16.5. The van der Waals surface area contributed by atoms with Crippen LogP contribution in [0.3, 0.4) is 0 Å². The molecule has 1 aliphatic carbocycles. The highest BCUT2D eigenvalue weighted by Crippen LogP contribution is 2.30. The summed E-state index contributed by atoms with van der Waals surface area (Å²) >= 11 is 0. The van der Waals surface area contributed by atoms with Gasteiger partial charge in [-0.15, -0.1) is 0 Å². The quantitative estimate of drug-likeness (QED) is 0.792. The number of nitrogens with one attached hydrogen (secondary N) is 2. The Kier molecular flexibility index (Phi) is 6.29. The van der Waals surface area contributed by atoms with E-state index in [-0.39, 0.29) is 6.04 Å². The monoisotopic (exact) mass is 414 g/mol. The van der Waals surface area contributed by atoms with Gasteiger partial charge in [-0.2, -0.15) is 0 Å². The number of fused-ring (bicyclic) bond motifs is 1. The minimum atomic E-state index is -0.511. The van der Waals surface area contributed by atoms with Gasteiger partial charge in [0.1, 0.15) is 11.2 Å². The van der Waals surface area contributed by atoms with Crippen LogP contribution in [0.15, 0.2) is 24.5 Å². The number of ether oxygens (including phenoxy) is 2. The van der Waals surface area contributed by atoms with E-state index in [4.69, 9.17) is 9.47 Å². The second kappa shape index (κ2) is 8.94. The molecule has 1 saturated carbocycles. The van der Waals surface area contributed by atoms with Gasteiger partial charge in [0.2, 0.25) is 0 Å². The molecule has 30 heavy (non-hydrogen) atoms. The second-order valence-corrected chi connectivity index (χ2v) is 9.58. The first-order valence-electron chi connectivity index (χ1n) is 11.2. The van der Waals surface area contributed by atoms with E-state index in [1.807, 2.05) is 37.4 Å². The highest BCUT2D eigenvalue weighted by atomic mass is 16.6. The summed E-state index contributed by atoms with van der Waals surface area (Å²) in [5, 5.41) is 6.61. The Labute approximate surface area is 178 Å². The summed E-state index contributed by atoms with van der Waals surface area (Å²) in [7, 11) is 0. The van der Waals surface area contributed by atoms with Gasteiger partial charge in [0, 0.05) is 18.4 Å². The average molecular weight is 415 g/mol. The van der Waals surface area contributed by atoms with Crippen LogP contribution < -0.4 is 10.6 Å². The van der Waals surface area contributed by atoms with Crippen LogP contribution >= 0.6 is 0 Å². The number of rotatable bonds is 4. The van der Waals surface area contributed by atoms with Crippen molar-refractivity contribution in [2.24, 2.45) is 5.92 Å². The maximum atomic E-state index is 11.9. The highest BCUT2D eigenvalue weighted by molar-refractivity contribution is 5.67. The number of imidazole rings is 1. The van der Waals surface area contributed by atoms with Crippen molar-refractivity contribution in [3.63, 3.8) is 0 Å². The summed E-state index contributed by atoms with van der Waals surface area (Å²) in [5.41, 5.74) is 2.35. The van der Waals surface area contributed by atoms with Crippen molar-refractivity contribution in [1.82, 2.24) is 20.0 Å². The molecule has 0 aromatic carbocycles. The van der Waals surface area contributed by atoms with Gasteiger partial charge in [-0.1, -0.05) is 25.3 Å². The molecule has 164 valence electrons. The van der Waals surface area contributed by atoms with E-state index < -0.39 is 11.7 Å². The molecule has 2 atom stereocenters. The molecular weight excluding hydrogens is 380 g/mol. The van der Waals surface area contributed by atoms with Crippen molar-refractivity contribution in [1.29, 1.82) is 0 Å². The topological polar surface area (TPSA) is 76.9 Å². The van der Waals surface area contributed by atoms with E-state index in [1.54, 1.807) is 0 Å². The van der Waals surface area contributed by atoms with E-state index in [2.05, 4.69) is 27.9 Å². The molecule has 0 bridgehead atoms. The molecule has 2 aliphatic rings. The third-order valence-electron chi connectivity index (χ3n) is 5.95. The molecule has 2 aromatic rings. The van der Waals surface area contributed by atoms with Gasteiger partial charge in [-0.3, -0.25) is 0 Å². The Bertz CT molecular complexity index is 867. The minimum absolute atomic E-state index is 0.195. The van der Waals surface area contributed by atoms with Crippen molar-refractivity contribution in [2.45, 2.75) is 77.1 Å². The Balaban J connectivity index is 1.40. The van der Waals surface area contributed by atoms with E-state index >= 15 is 0 Å². The van der Waals surface area contributed by atoms with E-state index in [0.29, 0.717) is 19.2 Å². The lowest BCUT2D eigenvalue weighted by atomic mass is 9.83. The predicted octanol–water partition coefficient (Wildman–Crippen LogP) is 3.97. The van der Waals surface area contributed by atoms with Gasteiger partial charge in [-0.05, 0) is 51.2 Å². The van der Waals surface area contributed by atoms with Crippen molar-refractivity contribution >= 4 is 11.7 Å². The number of morpholine rings is 1. The molecule has 0 spiro atoms. The van der Waals surface area contributed by atoms with Crippen molar-refractivity contribution in [3.05, 3.63) is 35.8 Å². The Morgan fingerprint density at radius 2 is 2.03 bits per heavy atom. The van der Waals surface area contributed by atoms with E-state index in [9.17, 15) is 4.79 Å². The number of pyridine rings is 1. The summed E-state index contributed by atoms with van der Waals surface area (Å²) in [6, 6.07) is 4.78. The number of hydrogen-bond donors (Lipinski definition) is 2. The van der Waals surface area contributed by atoms with Crippen molar-refractivity contribution in [2.75, 3.05) is 13.2 Å². The van der Waals surface area contributed by atoms with Gasteiger partial charge in [0.15, 0.2) is 0 Å². The zero-order valence-corrected chi connectivity index (χ0v) is 18.3. The Morgan fingerprint density at radius 1 is 1.23 bits per heavy atom. The fourth-order valence-corrected chi connectivity index (χ4v) is 4.50. The first-order valence-corrected chi connectivity index (χ1v) is 11.2. The van der Waals surface area contributed by atoms with Crippen molar-refractivity contribution in [3.8, 4) is 0 Å². The third kappa shape index (κ3) is 5.32. The number of alkyl carbamates (subject to hydrolysis) is 1. The molecule has 2 aromatic heterocycles. The summed E-state index contributed by atoms with van der Waals surface area (Å²) in [6.45, 7) is 7.38. The van der Waals surface area contributed by atoms with Crippen LogP contribution in [0.5, 0.6) is 0 Å². The molecule has 0 radical (unpaired) electrons. The number of hydrogen-bond acceptors (Lipinski definition) is 5. The largest absolute Gasteiger partial charge is 0.444 e. The normalized spacial score (nSPS) is 23.4. The zero-order valence-electron chi connectivity index (χ0n) is 18.3. The molecule has 1 aliphatic heterocycles. The first-order chi connectivity index (χ1) is 14.4. The zero-order chi connectivity index (χ0) is 21.1. The fraction of sp³-hybridized carbons (Fsp3) is 0.652. The lowest BCUT2D eigenvalue weighted by Gasteiger charge is -2.37. The maximum Gasteiger partial charge on any atom is 0.407 e. The van der Waals surface area contributed by atoms with Crippen LogP contribution in [0.25, 0.3) is 5.65 Å². The summed E-state index contributed by atoms with van der Waals surface area (Å²) in [6.07, 6.45) is 10.3. The molecule has 2 fully saturated rings. The molecular formula is C23H34N4O3. The SMILES string of the molecule is CC(C)(C)OC(=O)NCc1cn2cc(C3COCC(C4CCCCC4)N3)ccc2n1. The van der Waals surface area contributed by atoms with Crippen LogP contribution in [0.4, 0.5) is 4.79 Å². The number of carbonyl (C=O) groups is 1. The van der Waals surface area contributed by atoms with Gasteiger partial charge in [0.05, 0.1) is 31.5 Å². The van der Waals surface area contributed by atoms with Gasteiger partial charge in [0.25, 0.3) is 0 Å². The summed E-state index contributed by atoms with van der Waals surface area (Å²) in [5.74, 6) is 0.726. The van der Waals surface area contributed by atoms with Gasteiger partial charge < -0.3 is 24.5 Å². The lowest BCUT2D eigenvalue weighted by Crippen LogP contribution is -2.48. The molecule has 1 amide bonds. The number of aromatic nitrogens is 2. The lowest BCUT2D eigenvalue weighted by molar-refractivity contribution is 0.0201. The molecule has 7 nitrogen and oxygen atoms in total. The van der Waals surface area contributed by atoms with Crippen LogP contribution in [0, 0.1) is 5.92 Å². The van der Waals surface area contributed by atoms with Gasteiger partial charge in [-0.25, -0.2) is 9.78 Å². The fourth-order valence-electron chi connectivity index (χ4n) is 4.50. The summed E-state index contributed by atoms with van der Waals surface area (Å²) < 4.78 is 13.3. The predicted molar refractivity (Wildman–Crippen MR) is 115 cm³/mol. The highest BCUT2D eigenvalue weighted by Gasteiger charge is 2.30. The number of carbonyl (C=O) groups excluding carboxylic acids is 1. The van der Waals surface area contributed by atoms with Gasteiger partial charge >= 0.3 is 6.09 Å². The maximum absolute atomic E-state index is 11.9. The second-order valence-electron chi connectivity index (χ2n) is 9.58. The number of amides is 1. The molecule has 7 heteroatoms. The van der Waals surface area contributed by atoms with Crippen molar-refractivity contribution < 1.29 is 14.3 Å². The molecule has 4 rings (SSSR count). The van der Waals surface area contributed by atoms with E-state index in [0.717, 1.165) is 23.9 Å². The molecule has 1 saturated heterocycles. The third-order valence-corrected chi connectivity index (χ3v) is 5.95. The minimum Gasteiger partial charge on any atom is -0.444 e. The van der Waals surface area contributed by atoms with Crippen LogP contribution in [-0.4, -0.2) is 40.3 Å². The number of nitrogens with zero attached hydrogens (tertiary/aromatic N) is 2. The van der Waals surface area contributed by atoms with Crippen LogP contribution in [0.1, 0.15) is 70.2 Å². The van der Waals surface area contributed by atoms with Crippen LogP contribution in [0.2, 0.25) is 0 Å². The molecule has 2 N–H and O–H groups in total. The Morgan fingerprint density at radius 3 is 2.80 bits per heavy atom. The Hall–Kier alpha value is -2.12. The van der Waals surface area contributed by atoms with Crippen LogP contribution in [-0.2, 0) is 16.0 Å².